The van der Waals surface area contributed by atoms with Crippen LogP contribution in [0, 0.1) is 11.3 Å². The van der Waals surface area contributed by atoms with E-state index in [4.69, 9.17) is 0 Å². The van der Waals surface area contributed by atoms with Crippen molar-refractivity contribution in [3.05, 3.63) is 18.2 Å². The van der Waals surface area contributed by atoms with Crippen molar-refractivity contribution in [1.82, 2.24) is 14.9 Å². The summed E-state index contributed by atoms with van der Waals surface area (Å²) in [6.45, 7) is 7.25. The van der Waals surface area contributed by atoms with Crippen LogP contribution in [0.5, 0.6) is 0 Å². The van der Waals surface area contributed by atoms with E-state index in [1.807, 2.05) is 0 Å². The van der Waals surface area contributed by atoms with Crippen molar-refractivity contribution >= 4 is 0 Å². The maximum atomic E-state index is 12.5. The number of hydrogen-bond acceptors (Lipinski definition) is 2. The Hall–Kier alpha value is -0.970. The van der Waals surface area contributed by atoms with E-state index in [-0.39, 0.29) is 5.41 Å². The van der Waals surface area contributed by atoms with Crippen LogP contribution in [-0.4, -0.2) is 16.1 Å². The third kappa shape index (κ3) is 3.77. The molecule has 1 heterocycles. The van der Waals surface area contributed by atoms with Crippen molar-refractivity contribution in [3.8, 4) is 0 Å². The third-order valence-electron chi connectivity index (χ3n) is 3.39. The molecular weight excluding hydrogens is 224 g/mol. The Balaban J connectivity index is 2.49. The molecule has 0 atom stereocenters. The highest BCUT2D eigenvalue weighted by Crippen LogP contribution is 2.24. The van der Waals surface area contributed by atoms with E-state index >= 15 is 0 Å². The summed E-state index contributed by atoms with van der Waals surface area (Å²) in [7, 11) is 0. The van der Waals surface area contributed by atoms with E-state index in [0.29, 0.717) is 18.3 Å². The highest BCUT2D eigenvalue weighted by Gasteiger charge is 2.22. The van der Waals surface area contributed by atoms with Crippen molar-refractivity contribution in [3.63, 3.8) is 0 Å². The molecule has 0 aliphatic rings. The lowest BCUT2D eigenvalue weighted by Gasteiger charge is -2.29. The third-order valence-corrected chi connectivity index (χ3v) is 3.39. The SMILES string of the molecule is CC(C)C(C)(C)CNCc1nccn1C(F)F. The lowest BCUT2D eigenvalue weighted by Crippen LogP contribution is -2.33. The van der Waals surface area contributed by atoms with Crippen LogP contribution in [0.25, 0.3) is 0 Å². The summed E-state index contributed by atoms with van der Waals surface area (Å²) in [5, 5.41) is 3.19. The predicted molar refractivity (Wildman–Crippen MR) is 63.8 cm³/mol. The minimum absolute atomic E-state index is 0.141. The second kappa shape index (κ2) is 5.58. The van der Waals surface area contributed by atoms with Gasteiger partial charge in [0.2, 0.25) is 0 Å². The summed E-state index contributed by atoms with van der Waals surface area (Å²) in [5.41, 5.74) is 0.141. The zero-order chi connectivity index (χ0) is 13.1. The highest BCUT2D eigenvalue weighted by molar-refractivity contribution is 4.92. The molecule has 17 heavy (non-hydrogen) atoms. The van der Waals surface area contributed by atoms with Crippen LogP contribution >= 0.6 is 0 Å². The first-order chi connectivity index (χ1) is 7.84. The van der Waals surface area contributed by atoms with Crippen LogP contribution in [0.2, 0.25) is 0 Å². The number of nitrogens with zero attached hydrogens (tertiary/aromatic N) is 2. The van der Waals surface area contributed by atoms with Gasteiger partial charge >= 0.3 is 6.55 Å². The van der Waals surface area contributed by atoms with Gasteiger partial charge in [-0.05, 0) is 11.3 Å². The Morgan fingerprint density at radius 3 is 2.59 bits per heavy atom. The molecule has 0 spiro atoms. The van der Waals surface area contributed by atoms with Gasteiger partial charge < -0.3 is 5.32 Å². The van der Waals surface area contributed by atoms with Gasteiger partial charge in [-0.3, -0.25) is 4.57 Å². The predicted octanol–water partition coefficient (Wildman–Crippen LogP) is 3.05. The largest absolute Gasteiger partial charge is 0.319 e. The number of imidazole rings is 1. The van der Waals surface area contributed by atoms with Crippen LogP contribution in [0.1, 0.15) is 40.1 Å². The number of hydrogen-bond donors (Lipinski definition) is 1. The average Bonchev–Trinajstić information content (AvgIpc) is 2.65. The molecule has 5 heteroatoms. The van der Waals surface area contributed by atoms with Gasteiger partial charge in [0, 0.05) is 18.9 Å². The van der Waals surface area contributed by atoms with Crippen LogP contribution in [0.3, 0.4) is 0 Å². The van der Waals surface area contributed by atoms with Crippen molar-refractivity contribution in [2.45, 2.75) is 40.8 Å². The molecule has 0 saturated heterocycles. The van der Waals surface area contributed by atoms with Crippen molar-refractivity contribution < 1.29 is 8.78 Å². The molecule has 1 aromatic rings. The van der Waals surface area contributed by atoms with Crippen molar-refractivity contribution in [1.29, 1.82) is 0 Å². The molecule has 0 saturated carbocycles. The first-order valence-electron chi connectivity index (χ1n) is 5.85. The second-order valence-electron chi connectivity index (χ2n) is 5.28. The summed E-state index contributed by atoms with van der Waals surface area (Å²) in [5.74, 6) is 0.907. The van der Waals surface area contributed by atoms with Gasteiger partial charge in [-0.25, -0.2) is 4.98 Å². The molecule has 3 nitrogen and oxygen atoms in total. The lowest BCUT2D eigenvalue weighted by molar-refractivity contribution is 0.0664. The zero-order valence-corrected chi connectivity index (χ0v) is 10.9. The molecule has 0 unspecified atom stereocenters. The summed E-state index contributed by atoms with van der Waals surface area (Å²) < 4.78 is 26.0. The Kier molecular flexibility index (Phi) is 4.62. The van der Waals surface area contributed by atoms with Crippen molar-refractivity contribution in [2.75, 3.05) is 6.54 Å². The van der Waals surface area contributed by atoms with E-state index in [1.165, 1.54) is 12.4 Å². The Bertz CT molecular complexity index is 345. The number of rotatable bonds is 6. The number of halogens is 2. The minimum Gasteiger partial charge on any atom is -0.309 e. The maximum Gasteiger partial charge on any atom is 0.319 e. The summed E-state index contributed by atoms with van der Waals surface area (Å²) in [6.07, 6.45) is 2.70. The zero-order valence-electron chi connectivity index (χ0n) is 10.9. The summed E-state index contributed by atoms with van der Waals surface area (Å²) in [6, 6.07) is 0. The molecule has 0 bridgehead atoms. The van der Waals surface area contributed by atoms with Gasteiger partial charge in [0.25, 0.3) is 0 Å². The molecule has 0 radical (unpaired) electrons. The van der Waals surface area contributed by atoms with Gasteiger partial charge in [-0.2, -0.15) is 8.78 Å². The lowest BCUT2D eigenvalue weighted by atomic mass is 9.81. The van der Waals surface area contributed by atoms with E-state index in [9.17, 15) is 8.78 Å². The summed E-state index contributed by atoms with van der Waals surface area (Å²) >= 11 is 0. The standard InChI is InChI=1S/C12H21F2N3/c1-9(2)12(3,4)8-15-7-10-16-5-6-17(10)11(13)14/h5-6,9,11,15H,7-8H2,1-4H3. The van der Waals surface area contributed by atoms with E-state index in [0.717, 1.165) is 11.1 Å². The second-order valence-corrected chi connectivity index (χ2v) is 5.28. The first-order valence-corrected chi connectivity index (χ1v) is 5.85. The van der Waals surface area contributed by atoms with Gasteiger partial charge in [-0.15, -0.1) is 0 Å². The monoisotopic (exact) mass is 245 g/mol. The van der Waals surface area contributed by atoms with E-state index < -0.39 is 6.55 Å². The molecule has 1 rings (SSSR count). The smallest absolute Gasteiger partial charge is 0.309 e. The van der Waals surface area contributed by atoms with Gasteiger partial charge in [0.1, 0.15) is 5.82 Å². The molecule has 0 aliphatic carbocycles. The Morgan fingerprint density at radius 2 is 2.06 bits per heavy atom. The van der Waals surface area contributed by atoms with Crippen LogP contribution < -0.4 is 5.32 Å². The number of alkyl halides is 2. The van der Waals surface area contributed by atoms with Crippen LogP contribution in [0.15, 0.2) is 12.4 Å². The van der Waals surface area contributed by atoms with E-state index in [2.05, 4.69) is 38.0 Å². The molecule has 1 aromatic heterocycles. The average molecular weight is 245 g/mol. The number of nitrogens with one attached hydrogen (secondary N) is 1. The normalized spacial score (nSPS) is 12.7. The molecule has 0 aliphatic heterocycles. The van der Waals surface area contributed by atoms with Crippen LogP contribution in [0.4, 0.5) is 8.78 Å². The van der Waals surface area contributed by atoms with Gasteiger partial charge in [0.15, 0.2) is 0 Å². The fourth-order valence-corrected chi connectivity index (χ4v) is 1.36. The van der Waals surface area contributed by atoms with Crippen LogP contribution in [-0.2, 0) is 6.54 Å². The molecule has 0 fully saturated rings. The Labute approximate surface area is 101 Å². The topological polar surface area (TPSA) is 29.9 Å². The highest BCUT2D eigenvalue weighted by atomic mass is 19.3. The molecule has 0 amide bonds. The number of aromatic nitrogens is 2. The van der Waals surface area contributed by atoms with Gasteiger partial charge in [-0.1, -0.05) is 27.7 Å². The quantitative estimate of drug-likeness (QED) is 0.834. The maximum absolute atomic E-state index is 12.5. The molecule has 98 valence electrons. The van der Waals surface area contributed by atoms with E-state index in [1.54, 1.807) is 0 Å². The molecular formula is C12H21F2N3. The van der Waals surface area contributed by atoms with Crippen molar-refractivity contribution in [2.24, 2.45) is 11.3 Å². The first kappa shape index (κ1) is 14.1. The Morgan fingerprint density at radius 1 is 1.41 bits per heavy atom. The summed E-state index contributed by atoms with van der Waals surface area (Å²) in [4.78, 5) is 3.92. The molecule has 1 N–H and O–H groups in total. The minimum atomic E-state index is -2.52. The fourth-order valence-electron chi connectivity index (χ4n) is 1.36. The molecule has 0 aromatic carbocycles. The fraction of sp³-hybridized carbons (Fsp3) is 0.750. The van der Waals surface area contributed by atoms with Gasteiger partial charge in [0.05, 0.1) is 6.54 Å².